The third-order valence-corrected chi connectivity index (χ3v) is 8.04. The summed E-state index contributed by atoms with van der Waals surface area (Å²) in [6.07, 6.45) is 8.77. The highest BCUT2D eigenvalue weighted by Crippen LogP contribution is 2.39. The van der Waals surface area contributed by atoms with Gasteiger partial charge in [-0.05, 0) is 123 Å². The van der Waals surface area contributed by atoms with E-state index in [1.54, 1.807) is 20.3 Å². The number of aryl methyl sites for hydroxylation is 2. The molecule has 1 aliphatic heterocycles. The molecule has 3 aromatic carbocycles. The van der Waals surface area contributed by atoms with Gasteiger partial charge in [-0.1, -0.05) is 24.6 Å². The number of piperidine rings is 1. The van der Waals surface area contributed by atoms with Crippen molar-refractivity contribution in [3.63, 3.8) is 0 Å². The minimum Gasteiger partial charge on any atom is -0.497 e. The molecule has 1 N–H and O–H groups in total. The van der Waals surface area contributed by atoms with Crippen molar-refractivity contribution in [1.29, 1.82) is 0 Å². The highest BCUT2D eigenvalue weighted by atomic mass is 19.1. The Labute approximate surface area is 220 Å². The molecule has 5 heteroatoms. The van der Waals surface area contributed by atoms with E-state index in [9.17, 15) is 0 Å². The fourth-order valence-electron chi connectivity index (χ4n) is 5.91. The molecule has 1 unspecified atom stereocenters. The van der Waals surface area contributed by atoms with Crippen LogP contribution in [0.25, 0.3) is 0 Å². The molecule has 37 heavy (non-hydrogen) atoms. The van der Waals surface area contributed by atoms with Gasteiger partial charge in [-0.3, -0.25) is 0 Å². The van der Waals surface area contributed by atoms with Gasteiger partial charge >= 0.3 is 0 Å². The van der Waals surface area contributed by atoms with E-state index >= 15 is 4.39 Å². The molecule has 2 aliphatic rings. The molecule has 196 valence electrons. The van der Waals surface area contributed by atoms with Crippen LogP contribution < -0.4 is 14.8 Å². The van der Waals surface area contributed by atoms with Crippen LogP contribution in [-0.2, 0) is 19.3 Å². The number of likely N-dealkylation sites (tertiary alicyclic amines) is 1. The van der Waals surface area contributed by atoms with E-state index < -0.39 is 0 Å². The van der Waals surface area contributed by atoms with Crippen molar-refractivity contribution < 1.29 is 13.9 Å². The Morgan fingerprint density at radius 1 is 0.892 bits per heavy atom. The Balaban J connectivity index is 1.29. The molecule has 4 nitrogen and oxygen atoms in total. The van der Waals surface area contributed by atoms with Crippen LogP contribution in [0.1, 0.15) is 60.3 Å². The summed E-state index contributed by atoms with van der Waals surface area (Å²) >= 11 is 0. The van der Waals surface area contributed by atoms with E-state index in [2.05, 4.69) is 28.4 Å². The molecule has 0 saturated carbocycles. The van der Waals surface area contributed by atoms with Crippen LogP contribution in [0.2, 0.25) is 0 Å². The van der Waals surface area contributed by atoms with Crippen LogP contribution >= 0.6 is 0 Å². The van der Waals surface area contributed by atoms with Crippen LogP contribution in [0.4, 0.5) is 15.8 Å². The molecule has 1 saturated heterocycles. The van der Waals surface area contributed by atoms with Gasteiger partial charge in [0.15, 0.2) is 0 Å². The van der Waals surface area contributed by atoms with Gasteiger partial charge in [-0.25, -0.2) is 4.39 Å². The first-order valence-electron chi connectivity index (χ1n) is 13.7. The zero-order valence-corrected chi connectivity index (χ0v) is 22.2. The summed E-state index contributed by atoms with van der Waals surface area (Å²) in [5, 5.41) is 3.51. The Morgan fingerprint density at radius 2 is 1.68 bits per heavy atom. The lowest BCUT2D eigenvalue weighted by atomic mass is 9.79. The maximum atomic E-state index is 15.1. The molecule has 1 atom stereocenters. The van der Waals surface area contributed by atoms with Crippen molar-refractivity contribution in [2.75, 3.05) is 39.2 Å². The van der Waals surface area contributed by atoms with Gasteiger partial charge in [0.25, 0.3) is 0 Å². The standard InChI is InChI=1S/C32H39FN2O2/c1-36-28-13-11-24-19-26(9-8-25(24)20-28)30-15-14-29(37-2)22-32(30)34-27-12-10-23(31(33)21-27)7-6-18-35-16-4-3-5-17-35/h10-15,20-22,26,34H,3-9,16-19H2,1-2H3. The largest absolute Gasteiger partial charge is 0.497 e. The predicted molar refractivity (Wildman–Crippen MR) is 149 cm³/mol. The smallest absolute Gasteiger partial charge is 0.128 e. The number of ether oxygens (including phenoxy) is 2. The number of fused-ring (bicyclic) bond motifs is 1. The number of halogens is 1. The van der Waals surface area contributed by atoms with Gasteiger partial charge < -0.3 is 19.7 Å². The molecule has 0 bridgehead atoms. The fraction of sp³-hybridized carbons (Fsp3) is 0.438. The number of rotatable bonds is 9. The average molecular weight is 503 g/mol. The lowest BCUT2D eigenvalue weighted by Gasteiger charge is -2.27. The number of nitrogens with one attached hydrogen (secondary N) is 1. The van der Waals surface area contributed by atoms with Gasteiger partial charge in [0.05, 0.1) is 14.2 Å². The van der Waals surface area contributed by atoms with Crippen LogP contribution in [-0.4, -0.2) is 38.8 Å². The third kappa shape index (κ3) is 6.27. The molecular formula is C32H39FN2O2. The van der Waals surface area contributed by atoms with Gasteiger partial charge in [0.1, 0.15) is 17.3 Å². The quantitative estimate of drug-likeness (QED) is 0.333. The molecule has 0 spiro atoms. The monoisotopic (exact) mass is 502 g/mol. The first-order chi connectivity index (χ1) is 18.1. The number of hydrogen-bond donors (Lipinski definition) is 1. The highest BCUT2D eigenvalue weighted by molar-refractivity contribution is 5.66. The average Bonchev–Trinajstić information content (AvgIpc) is 2.94. The number of anilines is 2. The van der Waals surface area contributed by atoms with Crippen molar-refractivity contribution in [3.8, 4) is 11.5 Å². The second-order valence-electron chi connectivity index (χ2n) is 10.5. The number of methoxy groups -OCH3 is 2. The molecule has 1 heterocycles. The summed E-state index contributed by atoms with van der Waals surface area (Å²) < 4.78 is 26.0. The zero-order valence-electron chi connectivity index (χ0n) is 22.2. The summed E-state index contributed by atoms with van der Waals surface area (Å²) in [5.41, 5.74) is 6.54. The van der Waals surface area contributed by atoms with Crippen LogP contribution in [0.15, 0.2) is 54.6 Å². The van der Waals surface area contributed by atoms with Gasteiger partial charge in [-0.15, -0.1) is 0 Å². The lowest BCUT2D eigenvalue weighted by Crippen LogP contribution is -2.30. The topological polar surface area (TPSA) is 33.7 Å². The van der Waals surface area contributed by atoms with Crippen LogP contribution in [0.3, 0.4) is 0 Å². The Bertz CT molecular complexity index is 1210. The summed E-state index contributed by atoms with van der Waals surface area (Å²) in [5.74, 6) is 1.96. The summed E-state index contributed by atoms with van der Waals surface area (Å²) in [6.45, 7) is 3.44. The third-order valence-electron chi connectivity index (χ3n) is 8.04. The first-order valence-corrected chi connectivity index (χ1v) is 13.7. The minimum absolute atomic E-state index is 0.131. The minimum atomic E-state index is -0.131. The molecular weight excluding hydrogens is 463 g/mol. The lowest BCUT2D eigenvalue weighted by molar-refractivity contribution is 0.226. The van der Waals surface area contributed by atoms with Gasteiger partial charge in [-0.2, -0.15) is 0 Å². The van der Waals surface area contributed by atoms with Crippen LogP contribution in [0, 0.1) is 5.82 Å². The predicted octanol–water partition coefficient (Wildman–Crippen LogP) is 7.28. The maximum absolute atomic E-state index is 15.1. The number of hydrogen-bond acceptors (Lipinski definition) is 4. The Morgan fingerprint density at radius 3 is 2.46 bits per heavy atom. The van der Waals surface area contributed by atoms with Crippen molar-refractivity contribution in [3.05, 3.63) is 82.7 Å². The van der Waals surface area contributed by atoms with E-state index in [4.69, 9.17) is 9.47 Å². The summed E-state index contributed by atoms with van der Waals surface area (Å²) in [7, 11) is 3.40. The molecule has 1 aliphatic carbocycles. The number of nitrogens with zero attached hydrogens (tertiary/aromatic N) is 1. The number of benzene rings is 3. The summed E-state index contributed by atoms with van der Waals surface area (Å²) in [6, 6.07) is 18.2. The van der Waals surface area contributed by atoms with E-state index in [-0.39, 0.29) is 5.82 Å². The van der Waals surface area contributed by atoms with E-state index in [0.29, 0.717) is 5.92 Å². The second kappa shape index (κ2) is 12.0. The molecule has 3 aromatic rings. The molecule has 0 amide bonds. The maximum Gasteiger partial charge on any atom is 0.128 e. The highest BCUT2D eigenvalue weighted by Gasteiger charge is 2.23. The Hall–Kier alpha value is -3.05. The van der Waals surface area contributed by atoms with Crippen LogP contribution in [0.5, 0.6) is 11.5 Å². The van der Waals surface area contributed by atoms with Crippen molar-refractivity contribution in [2.24, 2.45) is 0 Å². The van der Waals surface area contributed by atoms with Gasteiger partial charge in [0, 0.05) is 17.4 Å². The molecule has 5 rings (SSSR count). The Kier molecular flexibility index (Phi) is 8.30. The van der Waals surface area contributed by atoms with Gasteiger partial charge in [0.2, 0.25) is 0 Å². The molecule has 0 aromatic heterocycles. The van der Waals surface area contributed by atoms with E-state index in [1.807, 2.05) is 30.3 Å². The van der Waals surface area contributed by atoms with Crippen molar-refractivity contribution in [1.82, 2.24) is 4.90 Å². The molecule has 1 fully saturated rings. The zero-order chi connectivity index (χ0) is 25.6. The molecule has 0 radical (unpaired) electrons. The fourth-order valence-corrected chi connectivity index (χ4v) is 5.91. The second-order valence-corrected chi connectivity index (χ2v) is 10.5. The normalized spacial score (nSPS) is 17.8. The SMILES string of the molecule is COc1ccc2c(c1)CCC(c1ccc(OC)cc1Nc1ccc(CCCN3CCCCC3)c(F)c1)C2. The van der Waals surface area contributed by atoms with Crippen molar-refractivity contribution in [2.45, 2.75) is 57.3 Å². The first kappa shape index (κ1) is 25.6. The summed E-state index contributed by atoms with van der Waals surface area (Å²) in [4.78, 5) is 2.52. The van der Waals surface area contributed by atoms with E-state index in [0.717, 1.165) is 67.1 Å². The van der Waals surface area contributed by atoms with Crippen molar-refractivity contribution >= 4 is 11.4 Å². The van der Waals surface area contributed by atoms with E-state index in [1.165, 1.54) is 49.0 Å².